The molecule has 98 valence electrons. The van der Waals surface area contributed by atoms with Gasteiger partial charge in [-0.3, -0.25) is 0 Å². The number of rotatable bonds is 5. The number of aromatic amines is 2. The van der Waals surface area contributed by atoms with E-state index in [2.05, 4.69) is 14.9 Å². The molecule has 6 heteroatoms. The van der Waals surface area contributed by atoms with Gasteiger partial charge in [-0.15, -0.1) is 0 Å². The summed E-state index contributed by atoms with van der Waals surface area (Å²) in [5.74, 6) is 0. The van der Waals surface area contributed by atoms with Gasteiger partial charge in [0.25, 0.3) is 0 Å². The molecule has 2 aromatic rings. The SMILES string of the molecule is CN(Cc1ccc2[nH]c(=O)[nH]c2c1)CC(N)CN. The molecule has 1 heterocycles. The number of H-pyrrole nitrogens is 2. The number of benzene rings is 1. The van der Waals surface area contributed by atoms with Crippen molar-refractivity contribution < 1.29 is 0 Å². The number of fused-ring (bicyclic) bond motifs is 1. The van der Waals surface area contributed by atoms with E-state index < -0.39 is 0 Å². The molecule has 1 unspecified atom stereocenters. The molecule has 0 aliphatic carbocycles. The average Bonchev–Trinajstić information content (AvgIpc) is 2.68. The van der Waals surface area contributed by atoms with Crippen molar-refractivity contribution in [1.29, 1.82) is 0 Å². The molecular weight excluding hydrogens is 230 g/mol. The normalized spacial score (nSPS) is 13.3. The topological polar surface area (TPSA) is 104 Å². The Morgan fingerprint density at radius 3 is 2.78 bits per heavy atom. The fourth-order valence-electron chi connectivity index (χ4n) is 2.03. The first-order valence-corrected chi connectivity index (χ1v) is 5.93. The van der Waals surface area contributed by atoms with Gasteiger partial charge in [0.05, 0.1) is 11.0 Å². The van der Waals surface area contributed by atoms with Crippen LogP contribution < -0.4 is 17.2 Å². The summed E-state index contributed by atoms with van der Waals surface area (Å²) in [6.07, 6.45) is 0. The Morgan fingerprint density at radius 2 is 2.06 bits per heavy atom. The van der Waals surface area contributed by atoms with Crippen LogP contribution in [-0.4, -0.2) is 41.0 Å². The first-order valence-electron chi connectivity index (χ1n) is 5.93. The van der Waals surface area contributed by atoms with Gasteiger partial charge in [-0.05, 0) is 24.7 Å². The van der Waals surface area contributed by atoms with E-state index in [0.29, 0.717) is 6.54 Å². The van der Waals surface area contributed by atoms with E-state index in [1.54, 1.807) is 0 Å². The van der Waals surface area contributed by atoms with Crippen LogP contribution in [0.25, 0.3) is 11.0 Å². The molecule has 0 aliphatic rings. The Kier molecular flexibility index (Phi) is 3.81. The standard InChI is InChI=1S/C12H19N5O/c1-17(7-9(14)5-13)6-8-2-3-10-11(4-8)16-12(18)15-10/h2-4,9H,5-7,13-14H2,1H3,(H2,15,16,18). The molecule has 0 radical (unpaired) electrons. The Morgan fingerprint density at radius 1 is 1.33 bits per heavy atom. The number of aromatic nitrogens is 2. The number of likely N-dealkylation sites (N-methyl/N-ethyl adjacent to an activating group) is 1. The highest BCUT2D eigenvalue weighted by Gasteiger charge is 2.06. The first-order chi connectivity index (χ1) is 8.58. The number of nitrogens with zero attached hydrogens (tertiary/aromatic N) is 1. The van der Waals surface area contributed by atoms with E-state index in [4.69, 9.17) is 11.5 Å². The van der Waals surface area contributed by atoms with Crippen LogP contribution in [0.3, 0.4) is 0 Å². The lowest BCUT2D eigenvalue weighted by Crippen LogP contribution is -2.40. The van der Waals surface area contributed by atoms with Crippen molar-refractivity contribution in [3.63, 3.8) is 0 Å². The molecule has 6 N–H and O–H groups in total. The number of hydrogen-bond donors (Lipinski definition) is 4. The molecule has 0 saturated carbocycles. The van der Waals surface area contributed by atoms with Gasteiger partial charge in [-0.2, -0.15) is 0 Å². The van der Waals surface area contributed by atoms with Crippen molar-refractivity contribution in [2.75, 3.05) is 20.1 Å². The van der Waals surface area contributed by atoms with E-state index in [1.165, 1.54) is 0 Å². The number of nitrogens with one attached hydrogen (secondary N) is 2. The van der Waals surface area contributed by atoms with Crippen LogP contribution in [0.15, 0.2) is 23.0 Å². The van der Waals surface area contributed by atoms with E-state index in [9.17, 15) is 4.79 Å². The van der Waals surface area contributed by atoms with Crippen molar-refractivity contribution in [1.82, 2.24) is 14.9 Å². The molecule has 2 rings (SSSR count). The highest BCUT2D eigenvalue weighted by Crippen LogP contribution is 2.11. The Balaban J connectivity index is 2.09. The van der Waals surface area contributed by atoms with E-state index in [1.807, 2.05) is 25.2 Å². The van der Waals surface area contributed by atoms with Gasteiger partial charge >= 0.3 is 5.69 Å². The summed E-state index contributed by atoms with van der Waals surface area (Å²) in [6.45, 7) is 2.00. The smallest absolute Gasteiger partial charge is 0.323 e. The zero-order valence-electron chi connectivity index (χ0n) is 10.4. The molecule has 0 bridgehead atoms. The predicted octanol–water partition coefficient (Wildman–Crippen LogP) is -0.426. The first kappa shape index (κ1) is 12.8. The Labute approximate surface area is 105 Å². The minimum absolute atomic E-state index is 0.00852. The zero-order chi connectivity index (χ0) is 13.1. The third-order valence-electron chi connectivity index (χ3n) is 2.88. The monoisotopic (exact) mass is 249 g/mol. The van der Waals surface area contributed by atoms with E-state index >= 15 is 0 Å². The summed E-state index contributed by atoms with van der Waals surface area (Å²) >= 11 is 0. The maximum absolute atomic E-state index is 11.2. The third kappa shape index (κ3) is 2.98. The van der Waals surface area contributed by atoms with Crippen molar-refractivity contribution in [3.05, 3.63) is 34.2 Å². The van der Waals surface area contributed by atoms with E-state index in [-0.39, 0.29) is 11.7 Å². The molecule has 0 fully saturated rings. The molecular formula is C12H19N5O. The van der Waals surface area contributed by atoms with Crippen LogP contribution in [-0.2, 0) is 6.54 Å². The maximum atomic E-state index is 11.2. The number of hydrogen-bond acceptors (Lipinski definition) is 4. The van der Waals surface area contributed by atoms with Crippen molar-refractivity contribution >= 4 is 11.0 Å². The highest BCUT2D eigenvalue weighted by atomic mass is 16.1. The third-order valence-corrected chi connectivity index (χ3v) is 2.88. The van der Waals surface area contributed by atoms with Crippen molar-refractivity contribution in [2.45, 2.75) is 12.6 Å². The van der Waals surface area contributed by atoms with Gasteiger partial charge in [0, 0.05) is 25.7 Å². The maximum Gasteiger partial charge on any atom is 0.323 e. The number of nitrogens with two attached hydrogens (primary N) is 2. The molecule has 0 aliphatic heterocycles. The van der Waals surface area contributed by atoms with Gasteiger partial charge < -0.3 is 26.3 Å². The molecule has 18 heavy (non-hydrogen) atoms. The van der Waals surface area contributed by atoms with Crippen LogP contribution in [0.2, 0.25) is 0 Å². The van der Waals surface area contributed by atoms with Crippen molar-refractivity contribution in [3.8, 4) is 0 Å². The average molecular weight is 249 g/mol. The second-order valence-corrected chi connectivity index (χ2v) is 4.65. The summed E-state index contributed by atoms with van der Waals surface area (Å²) in [5.41, 5.74) is 13.9. The Bertz CT molecular complexity index is 573. The van der Waals surface area contributed by atoms with Gasteiger partial charge in [0.15, 0.2) is 0 Å². The van der Waals surface area contributed by atoms with Crippen molar-refractivity contribution in [2.24, 2.45) is 11.5 Å². The van der Waals surface area contributed by atoms with Gasteiger partial charge in [-0.25, -0.2) is 4.79 Å². The van der Waals surface area contributed by atoms with Crippen LogP contribution in [0.5, 0.6) is 0 Å². The van der Waals surface area contributed by atoms with Gasteiger partial charge in [-0.1, -0.05) is 6.07 Å². The van der Waals surface area contributed by atoms with E-state index in [0.717, 1.165) is 29.7 Å². The number of imidazole rings is 1. The molecule has 0 spiro atoms. The summed E-state index contributed by atoms with van der Waals surface area (Å²) in [7, 11) is 2.00. The van der Waals surface area contributed by atoms with Crippen LogP contribution in [0.1, 0.15) is 5.56 Å². The van der Waals surface area contributed by atoms with Crippen LogP contribution >= 0.6 is 0 Å². The Hall–Kier alpha value is -1.63. The second-order valence-electron chi connectivity index (χ2n) is 4.65. The molecule has 6 nitrogen and oxygen atoms in total. The summed E-state index contributed by atoms with van der Waals surface area (Å²) in [5, 5.41) is 0. The molecule has 1 aromatic heterocycles. The van der Waals surface area contributed by atoms with Gasteiger partial charge in [0.2, 0.25) is 0 Å². The molecule has 1 aromatic carbocycles. The highest BCUT2D eigenvalue weighted by molar-refractivity contribution is 5.74. The zero-order valence-corrected chi connectivity index (χ0v) is 10.4. The molecule has 1 atom stereocenters. The second kappa shape index (κ2) is 5.34. The minimum Gasteiger partial charge on any atom is -0.329 e. The lowest BCUT2D eigenvalue weighted by Gasteiger charge is -2.20. The van der Waals surface area contributed by atoms with Crippen LogP contribution in [0, 0.1) is 0 Å². The molecule has 0 amide bonds. The lowest BCUT2D eigenvalue weighted by molar-refractivity contribution is 0.305. The fourth-order valence-corrected chi connectivity index (χ4v) is 2.03. The summed E-state index contributed by atoms with van der Waals surface area (Å²) < 4.78 is 0. The van der Waals surface area contributed by atoms with Gasteiger partial charge in [0.1, 0.15) is 0 Å². The lowest BCUT2D eigenvalue weighted by atomic mass is 10.2. The largest absolute Gasteiger partial charge is 0.329 e. The minimum atomic E-state index is -0.180. The summed E-state index contributed by atoms with van der Waals surface area (Å²) in [4.78, 5) is 18.7. The molecule has 0 saturated heterocycles. The fraction of sp³-hybridized carbons (Fsp3) is 0.417. The predicted molar refractivity (Wildman–Crippen MR) is 72.3 cm³/mol. The quantitative estimate of drug-likeness (QED) is 0.577. The van der Waals surface area contributed by atoms with Crippen LogP contribution in [0.4, 0.5) is 0 Å². The summed E-state index contributed by atoms with van der Waals surface area (Å²) in [6, 6.07) is 5.86.